The van der Waals surface area contributed by atoms with Crippen molar-refractivity contribution in [3.8, 4) is 0 Å². The highest BCUT2D eigenvalue weighted by Gasteiger charge is 2.14. The molecule has 1 aromatic carbocycles. The summed E-state index contributed by atoms with van der Waals surface area (Å²) in [6.07, 6.45) is 0. The summed E-state index contributed by atoms with van der Waals surface area (Å²) >= 11 is 5.82. The molecule has 0 spiro atoms. The largest absolute Gasteiger partial charge is 0.318 e. The number of halogens is 1. The van der Waals surface area contributed by atoms with E-state index < -0.39 is 0 Å². The highest BCUT2D eigenvalue weighted by Crippen LogP contribution is 2.18. The van der Waals surface area contributed by atoms with Crippen molar-refractivity contribution in [2.75, 3.05) is 0 Å². The van der Waals surface area contributed by atoms with Gasteiger partial charge in [-0.3, -0.25) is 4.68 Å². The van der Waals surface area contributed by atoms with Crippen LogP contribution in [0.2, 0.25) is 5.02 Å². The van der Waals surface area contributed by atoms with Gasteiger partial charge >= 0.3 is 0 Å². The summed E-state index contributed by atoms with van der Waals surface area (Å²) in [6.45, 7) is 1.89. The number of nitrogens with two attached hydrogens (primary N) is 1. The van der Waals surface area contributed by atoms with E-state index in [2.05, 4.69) is 10.1 Å². The molecule has 2 N–H and O–H groups in total. The highest BCUT2D eigenvalue weighted by atomic mass is 35.5. The molecule has 2 aromatic rings. The van der Waals surface area contributed by atoms with Gasteiger partial charge in [-0.2, -0.15) is 5.10 Å². The topological polar surface area (TPSA) is 56.7 Å². The van der Waals surface area contributed by atoms with Crippen molar-refractivity contribution in [1.82, 2.24) is 14.8 Å². The number of aryl methyl sites for hydroxylation is 2. The lowest BCUT2D eigenvalue weighted by Gasteiger charge is -2.07. The molecule has 0 unspecified atom stereocenters. The molecule has 84 valence electrons. The van der Waals surface area contributed by atoms with Crippen LogP contribution in [0, 0.1) is 6.92 Å². The Bertz CT molecular complexity index is 470. The van der Waals surface area contributed by atoms with E-state index in [4.69, 9.17) is 17.3 Å². The molecule has 0 aliphatic rings. The maximum Gasteiger partial charge on any atom is 0.172 e. The molecule has 0 aliphatic carbocycles. The minimum absolute atomic E-state index is 0.308. The fraction of sp³-hybridized carbons (Fsp3) is 0.273. The number of hydrogen-bond acceptors (Lipinski definition) is 3. The molecule has 0 bridgehead atoms. The molecule has 16 heavy (non-hydrogen) atoms. The van der Waals surface area contributed by atoms with E-state index in [1.165, 1.54) is 0 Å². The van der Waals surface area contributed by atoms with E-state index in [0.717, 1.165) is 11.4 Å². The van der Waals surface area contributed by atoms with Crippen LogP contribution in [0.3, 0.4) is 0 Å². The van der Waals surface area contributed by atoms with Crippen molar-refractivity contribution in [3.05, 3.63) is 46.5 Å². The average Bonchev–Trinajstić information content (AvgIpc) is 2.59. The summed E-state index contributed by atoms with van der Waals surface area (Å²) < 4.78 is 1.71. The lowest BCUT2D eigenvalue weighted by atomic mass is 10.1. The van der Waals surface area contributed by atoms with Crippen LogP contribution in [-0.2, 0) is 7.05 Å². The minimum atomic E-state index is -0.308. The fourth-order valence-electron chi connectivity index (χ4n) is 1.44. The zero-order valence-corrected chi connectivity index (χ0v) is 9.94. The maximum atomic E-state index is 6.07. The summed E-state index contributed by atoms with van der Waals surface area (Å²) in [5.41, 5.74) is 7.02. The smallest absolute Gasteiger partial charge is 0.172 e. The monoisotopic (exact) mass is 236 g/mol. The van der Waals surface area contributed by atoms with Gasteiger partial charge < -0.3 is 5.73 Å². The number of nitrogens with zero attached hydrogens (tertiary/aromatic N) is 3. The summed E-state index contributed by atoms with van der Waals surface area (Å²) in [5.74, 6) is 1.47. The van der Waals surface area contributed by atoms with Crippen LogP contribution in [-0.4, -0.2) is 14.8 Å². The van der Waals surface area contributed by atoms with Crippen molar-refractivity contribution in [2.45, 2.75) is 13.0 Å². The average molecular weight is 237 g/mol. The second kappa shape index (κ2) is 4.23. The molecule has 1 aromatic heterocycles. The standard InChI is InChI=1S/C11H13ClN4/c1-7-14-11(15-16(7)2)10(13)8-3-5-9(12)6-4-8/h3-6,10H,13H2,1-2H3/t10-/m0/s1. The third kappa shape index (κ3) is 2.08. The van der Waals surface area contributed by atoms with E-state index in [9.17, 15) is 0 Å². The van der Waals surface area contributed by atoms with Gasteiger partial charge in [-0.15, -0.1) is 0 Å². The number of hydrogen-bond donors (Lipinski definition) is 1. The second-order valence-corrected chi connectivity index (χ2v) is 4.11. The highest BCUT2D eigenvalue weighted by molar-refractivity contribution is 6.30. The third-order valence-corrected chi connectivity index (χ3v) is 2.76. The first-order valence-electron chi connectivity index (χ1n) is 4.96. The normalized spacial score (nSPS) is 12.8. The van der Waals surface area contributed by atoms with E-state index in [-0.39, 0.29) is 6.04 Å². The Hall–Kier alpha value is -1.39. The van der Waals surface area contributed by atoms with Gasteiger partial charge in [0.2, 0.25) is 0 Å². The summed E-state index contributed by atoms with van der Waals surface area (Å²) in [5, 5.41) is 4.95. The molecule has 1 atom stereocenters. The van der Waals surface area contributed by atoms with Crippen LogP contribution in [0.15, 0.2) is 24.3 Å². The quantitative estimate of drug-likeness (QED) is 0.866. The lowest BCUT2D eigenvalue weighted by Crippen LogP contribution is -2.13. The molecule has 0 amide bonds. The maximum absolute atomic E-state index is 6.07. The molecule has 0 saturated heterocycles. The zero-order chi connectivity index (χ0) is 11.7. The third-order valence-electron chi connectivity index (χ3n) is 2.50. The van der Waals surface area contributed by atoms with Crippen LogP contribution in [0.25, 0.3) is 0 Å². The Balaban J connectivity index is 2.31. The molecular formula is C11H13ClN4. The summed E-state index contributed by atoms with van der Waals surface area (Å²) in [4.78, 5) is 4.30. The van der Waals surface area contributed by atoms with E-state index >= 15 is 0 Å². The van der Waals surface area contributed by atoms with Gasteiger partial charge in [0, 0.05) is 12.1 Å². The second-order valence-electron chi connectivity index (χ2n) is 3.67. The van der Waals surface area contributed by atoms with Crippen molar-refractivity contribution < 1.29 is 0 Å². The van der Waals surface area contributed by atoms with Crippen molar-refractivity contribution in [2.24, 2.45) is 12.8 Å². The lowest BCUT2D eigenvalue weighted by molar-refractivity contribution is 0.700. The van der Waals surface area contributed by atoms with Crippen molar-refractivity contribution in [3.63, 3.8) is 0 Å². The van der Waals surface area contributed by atoms with E-state index in [0.29, 0.717) is 10.8 Å². The van der Waals surface area contributed by atoms with Gasteiger partial charge in [0.05, 0.1) is 6.04 Å². The minimum Gasteiger partial charge on any atom is -0.318 e. The van der Waals surface area contributed by atoms with Gasteiger partial charge in [-0.05, 0) is 24.6 Å². The van der Waals surface area contributed by atoms with Gasteiger partial charge in [0.25, 0.3) is 0 Å². The number of rotatable bonds is 2. The van der Waals surface area contributed by atoms with Crippen molar-refractivity contribution >= 4 is 11.6 Å². The summed E-state index contributed by atoms with van der Waals surface area (Å²) in [6, 6.07) is 7.09. The summed E-state index contributed by atoms with van der Waals surface area (Å²) in [7, 11) is 1.85. The molecule has 4 nitrogen and oxygen atoms in total. The molecule has 2 rings (SSSR count). The van der Waals surface area contributed by atoms with Crippen LogP contribution in [0.4, 0.5) is 0 Å². The molecule has 0 fully saturated rings. The molecule has 1 heterocycles. The first-order chi connectivity index (χ1) is 7.58. The predicted molar refractivity (Wildman–Crippen MR) is 63.2 cm³/mol. The van der Waals surface area contributed by atoms with Gasteiger partial charge in [-0.1, -0.05) is 23.7 Å². The Morgan fingerprint density at radius 2 is 1.94 bits per heavy atom. The number of aromatic nitrogens is 3. The van der Waals surface area contributed by atoms with Crippen molar-refractivity contribution in [1.29, 1.82) is 0 Å². The van der Waals surface area contributed by atoms with Crippen LogP contribution in [0.1, 0.15) is 23.3 Å². The van der Waals surface area contributed by atoms with Crippen LogP contribution >= 0.6 is 11.6 Å². The Kier molecular flexibility index (Phi) is 2.94. The predicted octanol–water partition coefficient (Wildman–Crippen LogP) is 1.83. The van der Waals surface area contributed by atoms with Gasteiger partial charge in [0.1, 0.15) is 5.82 Å². The Morgan fingerprint density at radius 1 is 1.31 bits per heavy atom. The van der Waals surface area contributed by atoms with Gasteiger partial charge in [0.15, 0.2) is 5.82 Å². The van der Waals surface area contributed by atoms with E-state index in [1.54, 1.807) is 4.68 Å². The van der Waals surface area contributed by atoms with Gasteiger partial charge in [-0.25, -0.2) is 4.98 Å². The zero-order valence-electron chi connectivity index (χ0n) is 9.18. The molecule has 0 saturated carbocycles. The van der Waals surface area contributed by atoms with Crippen LogP contribution in [0.5, 0.6) is 0 Å². The molecule has 0 radical (unpaired) electrons. The SMILES string of the molecule is Cc1nc([C@@H](N)c2ccc(Cl)cc2)nn1C. The molecular weight excluding hydrogens is 224 g/mol. The number of benzene rings is 1. The Morgan fingerprint density at radius 3 is 2.44 bits per heavy atom. The Labute approximate surface area is 99.1 Å². The molecule has 0 aliphatic heterocycles. The first-order valence-corrected chi connectivity index (χ1v) is 5.34. The first kappa shape index (κ1) is 11.1. The molecule has 5 heteroatoms. The fourth-order valence-corrected chi connectivity index (χ4v) is 1.56. The van der Waals surface area contributed by atoms with Crippen LogP contribution < -0.4 is 5.73 Å². The van der Waals surface area contributed by atoms with E-state index in [1.807, 2.05) is 38.2 Å².